The van der Waals surface area contributed by atoms with Crippen LogP contribution in [0.1, 0.15) is 37.6 Å². The zero-order chi connectivity index (χ0) is 14.2. The van der Waals surface area contributed by atoms with Gasteiger partial charge in [-0.3, -0.25) is 0 Å². The second-order valence-corrected chi connectivity index (χ2v) is 6.05. The molecule has 1 aromatic carbocycles. The summed E-state index contributed by atoms with van der Waals surface area (Å²) in [5.74, 6) is 1.22. The number of hydrogen-bond acceptors (Lipinski definition) is 3. The van der Waals surface area contributed by atoms with Crippen LogP contribution in [0.3, 0.4) is 0 Å². The minimum atomic E-state index is -0.0362. The van der Waals surface area contributed by atoms with Gasteiger partial charge in [0, 0.05) is 17.0 Å². The van der Waals surface area contributed by atoms with E-state index in [1.165, 1.54) is 11.1 Å². The van der Waals surface area contributed by atoms with E-state index in [0.717, 1.165) is 11.3 Å². The first-order valence-corrected chi connectivity index (χ1v) is 6.50. The lowest BCUT2D eigenvalue weighted by molar-refractivity contribution is 0.568. The van der Waals surface area contributed by atoms with E-state index in [1.807, 2.05) is 12.1 Å². The van der Waals surface area contributed by atoms with E-state index in [4.69, 9.17) is 5.73 Å². The topological polar surface area (TPSA) is 51.8 Å². The zero-order valence-corrected chi connectivity index (χ0v) is 12.3. The number of aryl methyl sites for hydroxylation is 2. The number of anilines is 1. The Hall–Kier alpha value is -1.90. The summed E-state index contributed by atoms with van der Waals surface area (Å²) in [6.07, 6.45) is 0. The maximum Gasteiger partial charge on any atom is 0.161 e. The van der Waals surface area contributed by atoms with E-state index >= 15 is 0 Å². The van der Waals surface area contributed by atoms with Gasteiger partial charge in [-0.15, -0.1) is 0 Å². The molecule has 0 unspecified atom stereocenters. The van der Waals surface area contributed by atoms with E-state index < -0.39 is 0 Å². The molecule has 1 aromatic heterocycles. The largest absolute Gasteiger partial charge is 0.384 e. The van der Waals surface area contributed by atoms with E-state index in [0.29, 0.717) is 11.6 Å². The van der Waals surface area contributed by atoms with Gasteiger partial charge in [-0.05, 0) is 31.0 Å². The van der Waals surface area contributed by atoms with E-state index in [9.17, 15) is 0 Å². The molecule has 0 radical (unpaired) electrons. The van der Waals surface area contributed by atoms with Crippen molar-refractivity contribution in [2.45, 2.75) is 40.0 Å². The van der Waals surface area contributed by atoms with Crippen molar-refractivity contribution in [3.8, 4) is 11.4 Å². The Labute approximate surface area is 114 Å². The molecular formula is C16H21N3. The lowest BCUT2D eigenvalue weighted by Gasteiger charge is -2.18. The molecule has 3 heteroatoms. The lowest BCUT2D eigenvalue weighted by Crippen LogP contribution is -2.15. The second kappa shape index (κ2) is 4.65. The standard InChI is InChI=1S/C16H21N3/c1-10-6-7-12(8-11(10)2)15-18-13(16(3,4)5)9-14(17)19-15/h6-9H,1-5H3,(H2,17,18,19). The number of rotatable bonds is 1. The van der Waals surface area contributed by atoms with Crippen molar-refractivity contribution < 1.29 is 0 Å². The van der Waals surface area contributed by atoms with Crippen LogP contribution < -0.4 is 5.73 Å². The number of nitrogens with zero attached hydrogens (tertiary/aromatic N) is 2. The fourth-order valence-electron chi connectivity index (χ4n) is 1.86. The summed E-state index contributed by atoms with van der Waals surface area (Å²) in [4.78, 5) is 9.01. The molecular weight excluding hydrogens is 234 g/mol. The van der Waals surface area contributed by atoms with Crippen LogP contribution >= 0.6 is 0 Å². The van der Waals surface area contributed by atoms with Crippen molar-refractivity contribution >= 4 is 5.82 Å². The SMILES string of the molecule is Cc1ccc(-c2nc(N)cc(C(C)(C)C)n2)cc1C. The summed E-state index contributed by atoms with van der Waals surface area (Å²) in [6, 6.07) is 8.10. The summed E-state index contributed by atoms with van der Waals surface area (Å²) in [5.41, 5.74) is 10.4. The van der Waals surface area contributed by atoms with Gasteiger partial charge in [-0.2, -0.15) is 0 Å². The fraction of sp³-hybridized carbons (Fsp3) is 0.375. The number of nitrogen functional groups attached to an aromatic ring is 1. The van der Waals surface area contributed by atoms with Gasteiger partial charge in [0.15, 0.2) is 5.82 Å². The first-order chi connectivity index (χ1) is 8.77. The van der Waals surface area contributed by atoms with Crippen LogP contribution in [0, 0.1) is 13.8 Å². The van der Waals surface area contributed by atoms with Gasteiger partial charge in [0.1, 0.15) is 5.82 Å². The number of benzene rings is 1. The molecule has 0 saturated carbocycles. The van der Waals surface area contributed by atoms with Crippen LogP contribution in [0.5, 0.6) is 0 Å². The van der Waals surface area contributed by atoms with Gasteiger partial charge >= 0.3 is 0 Å². The molecule has 2 rings (SSSR count). The molecule has 0 aliphatic rings. The third-order valence-corrected chi connectivity index (χ3v) is 3.28. The minimum absolute atomic E-state index is 0.0362. The van der Waals surface area contributed by atoms with Crippen LogP contribution in [-0.2, 0) is 5.41 Å². The molecule has 19 heavy (non-hydrogen) atoms. The van der Waals surface area contributed by atoms with Crippen LogP contribution in [0.25, 0.3) is 11.4 Å². The van der Waals surface area contributed by atoms with Gasteiger partial charge in [-0.25, -0.2) is 9.97 Å². The second-order valence-electron chi connectivity index (χ2n) is 6.05. The van der Waals surface area contributed by atoms with Gasteiger partial charge in [0.2, 0.25) is 0 Å². The van der Waals surface area contributed by atoms with Crippen LogP contribution in [0.2, 0.25) is 0 Å². The molecule has 0 bridgehead atoms. The Balaban J connectivity index is 2.56. The molecule has 2 aromatic rings. The highest BCUT2D eigenvalue weighted by Gasteiger charge is 2.18. The summed E-state index contributed by atoms with van der Waals surface area (Å²) in [7, 11) is 0. The smallest absolute Gasteiger partial charge is 0.161 e. The maximum atomic E-state index is 5.91. The Morgan fingerprint density at radius 2 is 1.63 bits per heavy atom. The maximum absolute atomic E-state index is 5.91. The monoisotopic (exact) mass is 255 g/mol. The van der Waals surface area contributed by atoms with Gasteiger partial charge in [-0.1, -0.05) is 32.9 Å². The average molecular weight is 255 g/mol. The van der Waals surface area contributed by atoms with Crippen LogP contribution in [-0.4, -0.2) is 9.97 Å². The molecule has 2 N–H and O–H groups in total. The average Bonchev–Trinajstić information content (AvgIpc) is 2.31. The minimum Gasteiger partial charge on any atom is -0.384 e. The molecule has 3 nitrogen and oxygen atoms in total. The fourth-order valence-corrected chi connectivity index (χ4v) is 1.86. The predicted octanol–water partition coefficient (Wildman–Crippen LogP) is 3.64. The van der Waals surface area contributed by atoms with Crippen molar-refractivity contribution in [3.63, 3.8) is 0 Å². The zero-order valence-electron chi connectivity index (χ0n) is 12.3. The highest BCUT2D eigenvalue weighted by molar-refractivity contribution is 5.59. The number of hydrogen-bond donors (Lipinski definition) is 1. The van der Waals surface area contributed by atoms with Crippen molar-refractivity contribution in [2.24, 2.45) is 0 Å². The van der Waals surface area contributed by atoms with Gasteiger partial charge in [0.25, 0.3) is 0 Å². The summed E-state index contributed by atoms with van der Waals surface area (Å²) in [5, 5.41) is 0. The summed E-state index contributed by atoms with van der Waals surface area (Å²) in [6.45, 7) is 10.6. The van der Waals surface area contributed by atoms with Crippen molar-refractivity contribution in [1.29, 1.82) is 0 Å². The third-order valence-electron chi connectivity index (χ3n) is 3.28. The van der Waals surface area contributed by atoms with Crippen molar-refractivity contribution in [3.05, 3.63) is 41.1 Å². The van der Waals surface area contributed by atoms with E-state index in [2.05, 4.69) is 56.7 Å². The normalized spacial score (nSPS) is 11.6. The Bertz CT molecular complexity index is 610. The first kappa shape index (κ1) is 13.5. The Kier molecular flexibility index (Phi) is 3.31. The highest BCUT2D eigenvalue weighted by atomic mass is 15.0. The summed E-state index contributed by atoms with van der Waals surface area (Å²) < 4.78 is 0. The molecule has 100 valence electrons. The van der Waals surface area contributed by atoms with Gasteiger partial charge < -0.3 is 5.73 Å². The van der Waals surface area contributed by atoms with Crippen molar-refractivity contribution in [2.75, 3.05) is 5.73 Å². The predicted molar refractivity (Wildman–Crippen MR) is 80.1 cm³/mol. The molecule has 1 heterocycles. The van der Waals surface area contributed by atoms with Crippen LogP contribution in [0.4, 0.5) is 5.82 Å². The lowest BCUT2D eigenvalue weighted by atomic mass is 9.91. The number of aromatic nitrogens is 2. The molecule has 0 aliphatic heterocycles. The van der Waals surface area contributed by atoms with Gasteiger partial charge in [0.05, 0.1) is 5.69 Å². The van der Waals surface area contributed by atoms with Crippen LogP contribution in [0.15, 0.2) is 24.3 Å². The highest BCUT2D eigenvalue weighted by Crippen LogP contribution is 2.25. The molecule has 0 atom stereocenters. The molecule has 0 amide bonds. The molecule has 0 saturated heterocycles. The van der Waals surface area contributed by atoms with Crippen molar-refractivity contribution in [1.82, 2.24) is 9.97 Å². The third kappa shape index (κ3) is 2.92. The quantitative estimate of drug-likeness (QED) is 0.846. The first-order valence-electron chi connectivity index (χ1n) is 6.50. The Morgan fingerprint density at radius 1 is 0.947 bits per heavy atom. The van der Waals surface area contributed by atoms with E-state index in [-0.39, 0.29) is 5.41 Å². The molecule has 0 aliphatic carbocycles. The van der Waals surface area contributed by atoms with E-state index in [1.54, 1.807) is 0 Å². The number of nitrogens with two attached hydrogens (primary N) is 1. The molecule has 0 fully saturated rings. The Morgan fingerprint density at radius 3 is 2.21 bits per heavy atom. The summed E-state index contributed by atoms with van der Waals surface area (Å²) >= 11 is 0. The molecule has 0 spiro atoms.